The lowest BCUT2D eigenvalue weighted by atomic mass is 10.0. The Morgan fingerprint density at radius 1 is 1.17 bits per heavy atom. The smallest absolute Gasteiger partial charge is 0.124 e. The van der Waals surface area contributed by atoms with Crippen molar-refractivity contribution in [3.63, 3.8) is 0 Å². The van der Waals surface area contributed by atoms with Gasteiger partial charge in [-0.05, 0) is 24.1 Å². The normalized spacial score (nSPS) is 12.2. The molecule has 1 atom stereocenters. The van der Waals surface area contributed by atoms with Crippen molar-refractivity contribution in [3.05, 3.63) is 64.7 Å². The van der Waals surface area contributed by atoms with Crippen molar-refractivity contribution in [2.75, 3.05) is 7.11 Å². The van der Waals surface area contributed by atoms with E-state index in [1.54, 1.807) is 7.11 Å². The van der Waals surface area contributed by atoms with E-state index in [4.69, 9.17) is 16.3 Å². The summed E-state index contributed by atoms with van der Waals surface area (Å²) < 4.78 is 5.37. The van der Waals surface area contributed by atoms with Crippen LogP contribution in [0.15, 0.2) is 48.5 Å². The Morgan fingerprint density at radius 2 is 1.89 bits per heavy atom. The fraction of sp³-hybridized carbons (Fsp3) is 0.200. The van der Waals surface area contributed by atoms with Crippen LogP contribution in [0.4, 0.5) is 0 Å². The molecule has 0 N–H and O–H groups in total. The fourth-order valence-corrected chi connectivity index (χ4v) is 2.79. The van der Waals surface area contributed by atoms with Gasteiger partial charge >= 0.3 is 0 Å². The SMILES string of the molecule is COc1cc(Cl)ccc1C(Br)Cc1ccccc1. The minimum Gasteiger partial charge on any atom is -0.496 e. The van der Waals surface area contributed by atoms with E-state index in [1.165, 1.54) is 5.56 Å². The summed E-state index contributed by atoms with van der Waals surface area (Å²) in [4.78, 5) is 0.215. The van der Waals surface area contributed by atoms with Crippen LogP contribution >= 0.6 is 27.5 Å². The molecule has 0 spiro atoms. The largest absolute Gasteiger partial charge is 0.496 e. The zero-order chi connectivity index (χ0) is 13.0. The minimum atomic E-state index is 0.215. The predicted molar refractivity (Wildman–Crippen MR) is 79.8 cm³/mol. The van der Waals surface area contributed by atoms with Gasteiger partial charge in [-0.1, -0.05) is 63.9 Å². The molecular formula is C15H14BrClO. The number of rotatable bonds is 4. The van der Waals surface area contributed by atoms with Crippen LogP contribution in [0.25, 0.3) is 0 Å². The lowest BCUT2D eigenvalue weighted by molar-refractivity contribution is 0.409. The fourth-order valence-electron chi connectivity index (χ4n) is 1.87. The second-order valence-corrected chi connectivity index (χ2v) is 5.59. The maximum atomic E-state index is 5.97. The van der Waals surface area contributed by atoms with Crippen LogP contribution in [0.2, 0.25) is 5.02 Å². The molecule has 0 radical (unpaired) electrons. The number of hydrogen-bond acceptors (Lipinski definition) is 1. The van der Waals surface area contributed by atoms with Gasteiger partial charge in [0.1, 0.15) is 5.75 Å². The van der Waals surface area contributed by atoms with Gasteiger partial charge in [-0.2, -0.15) is 0 Å². The van der Waals surface area contributed by atoms with Crippen molar-refractivity contribution in [2.45, 2.75) is 11.2 Å². The van der Waals surface area contributed by atoms with Crippen LogP contribution in [0.1, 0.15) is 16.0 Å². The Bertz CT molecular complexity index is 513. The Kier molecular flexibility index (Phi) is 4.67. The van der Waals surface area contributed by atoms with E-state index < -0.39 is 0 Å². The van der Waals surface area contributed by atoms with Crippen molar-refractivity contribution in [1.82, 2.24) is 0 Å². The van der Waals surface area contributed by atoms with Gasteiger partial charge in [0.2, 0.25) is 0 Å². The molecule has 0 saturated heterocycles. The number of hydrogen-bond donors (Lipinski definition) is 0. The van der Waals surface area contributed by atoms with Gasteiger partial charge < -0.3 is 4.74 Å². The second kappa shape index (κ2) is 6.26. The number of alkyl halides is 1. The predicted octanol–water partition coefficient (Wildman–Crippen LogP) is 5.03. The maximum absolute atomic E-state index is 5.97. The third-order valence-electron chi connectivity index (χ3n) is 2.79. The molecule has 94 valence electrons. The zero-order valence-electron chi connectivity index (χ0n) is 10.1. The van der Waals surface area contributed by atoms with Gasteiger partial charge in [0, 0.05) is 15.4 Å². The average molecular weight is 326 g/mol. The Labute approximate surface area is 121 Å². The number of methoxy groups -OCH3 is 1. The zero-order valence-corrected chi connectivity index (χ0v) is 12.4. The highest BCUT2D eigenvalue weighted by Gasteiger charge is 2.13. The minimum absolute atomic E-state index is 0.215. The van der Waals surface area contributed by atoms with Crippen LogP contribution in [0.5, 0.6) is 5.75 Å². The molecule has 2 rings (SSSR count). The molecule has 0 aliphatic heterocycles. The number of ether oxygens (including phenoxy) is 1. The van der Waals surface area contributed by atoms with E-state index in [0.29, 0.717) is 5.02 Å². The molecule has 0 aromatic heterocycles. The van der Waals surface area contributed by atoms with Gasteiger partial charge in [-0.25, -0.2) is 0 Å². The highest BCUT2D eigenvalue weighted by Crippen LogP contribution is 2.35. The van der Waals surface area contributed by atoms with Crippen molar-refractivity contribution in [2.24, 2.45) is 0 Å². The summed E-state index contributed by atoms with van der Waals surface area (Å²) in [7, 11) is 1.66. The lowest BCUT2D eigenvalue weighted by Gasteiger charge is -2.14. The third kappa shape index (κ3) is 3.27. The lowest BCUT2D eigenvalue weighted by Crippen LogP contribution is -1.98. The first-order chi connectivity index (χ1) is 8.70. The average Bonchev–Trinajstić information content (AvgIpc) is 2.39. The highest BCUT2D eigenvalue weighted by molar-refractivity contribution is 9.09. The van der Waals surface area contributed by atoms with Crippen molar-refractivity contribution in [1.29, 1.82) is 0 Å². The Hall–Kier alpha value is -0.990. The molecule has 0 aliphatic rings. The monoisotopic (exact) mass is 324 g/mol. The first-order valence-electron chi connectivity index (χ1n) is 5.72. The van der Waals surface area contributed by atoms with E-state index in [1.807, 2.05) is 36.4 Å². The first kappa shape index (κ1) is 13.4. The summed E-state index contributed by atoms with van der Waals surface area (Å²) in [5, 5.41) is 0.690. The van der Waals surface area contributed by atoms with Crippen molar-refractivity contribution < 1.29 is 4.74 Å². The number of halogens is 2. The molecule has 0 amide bonds. The van der Waals surface area contributed by atoms with Gasteiger partial charge in [-0.15, -0.1) is 0 Å². The van der Waals surface area contributed by atoms with E-state index >= 15 is 0 Å². The molecule has 0 aliphatic carbocycles. The van der Waals surface area contributed by atoms with E-state index in [-0.39, 0.29) is 4.83 Å². The Balaban J connectivity index is 2.21. The third-order valence-corrected chi connectivity index (χ3v) is 3.84. The standard InChI is InChI=1S/C15H14BrClO/c1-18-15-10-12(17)7-8-13(15)14(16)9-11-5-3-2-4-6-11/h2-8,10,14H,9H2,1H3. The molecule has 1 nitrogen and oxygen atoms in total. The quantitative estimate of drug-likeness (QED) is 0.717. The molecule has 0 saturated carbocycles. The van der Waals surface area contributed by atoms with E-state index in [2.05, 4.69) is 28.1 Å². The summed E-state index contributed by atoms with van der Waals surface area (Å²) in [5.74, 6) is 0.820. The van der Waals surface area contributed by atoms with Gasteiger partial charge in [0.05, 0.1) is 7.11 Å². The molecular weight excluding hydrogens is 312 g/mol. The summed E-state index contributed by atoms with van der Waals surface area (Å²) in [6.45, 7) is 0. The molecule has 1 unspecified atom stereocenters. The molecule has 3 heteroatoms. The summed E-state index contributed by atoms with van der Waals surface area (Å²) in [6.07, 6.45) is 0.916. The summed E-state index contributed by atoms with van der Waals surface area (Å²) in [5.41, 5.74) is 2.40. The summed E-state index contributed by atoms with van der Waals surface area (Å²) >= 11 is 9.68. The van der Waals surface area contributed by atoms with Crippen LogP contribution in [0.3, 0.4) is 0 Å². The van der Waals surface area contributed by atoms with Gasteiger partial charge in [-0.3, -0.25) is 0 Å². The van der Waals surface area contributed by atoms with Crippen LogP contribution in [0, 0.1) is 0 Å². The van der Waals surface area contributed by atoms with Gasteiger partial charge in [0.15, 0.2) is 0 Å². The van der Waals surface area contributed by atoms with Crippen molar-refractivity contribution in [3.8, 4) is 5.75 Å². The number of benzene rings is 2. The van der Waals surface area contributed by atoms with Crippen LogP contribution < -0.4 is 4.74 Å². The summed E-state index contributed by atoms with van der Waals surface area (Å²) in [6, 6.07) is 16.1. The molecule has 2 aromatic rings. The topological polar surface area (TPSA) is 9.23 Å². The second-order valence-electron chi connectivity index (χ2n) is 4.04. The Morgan fingerprint density at radius 3 is 2.56 bits per heavy atom. The molecule has 18 heavy (non-hydrogen) atoms. The van der Waals surface area contributed by atoms with E-state index in [9.17, 15) is 0 Å². The molecule has 0 heterocycles. The van der Waals surface area contributed by atoms with Crippen molar-refractivity contribution >= 4 is 27.5 Å². The molecule has 0 fully saturated rings. The van der Waals surface area contributed by atoms with Gasteiger partial charge in [0.25, 0.3) is 0 Å². The van der Waals surface area contributed by atoms with E-state index in [0.717, 1.165) is 17.7 Å². The molecule has 0 bridgehead atoms. The highest BCUT2D eigenvalue weighted by atomic mass is 79.9. The van der Waals surface area contributed by atoms with Crippen LogP contribution in [-0.2, 0) is 6.42 Å². The van der Waals surface area contributed by atoms with Crippen LogP contribution in [-0.4, -0.2) is 7.11 Å². The first-order valence-corrected chi connectivity index (χ1v) is 7.01. The maximum Gasteiger partial charge on any atom is 0.124 e. The molecule has 2 aromatic carbocycles.